The van der Waals surface area contributed by atoms with E-state index < -0.39 is 5.91 Å². The van der Waals surface area contributed by atoms with E-state index in [4.69, 9.17) is 0 Å². The first-order chi connectivity index (χ1) is 9.77. The quantitative estimate of drug-likeness (QED) is 0.742. The van der Waals surface area contributed by atoms with Crippen molar-refractivity contribution < 1.29 is 9.90 Å². The second kappa shape index (κ2) is 5.44. The Morgan fingerprint density at radius 2 is 1.90 bits per heavy atom. The lowest BCUT2D eigenvalue weighted by atomic mass is 9.87. The third kappa shape index (κ3) is 3.51. The van der Waals surface area contributed by atoms with Crippen molar-refractivity contribution in [3.05, 3.63) is 58.0 Å². The van der Waals surface area contributed by atoms with Crippen molar-refractivity contribution in [3.8, 4) is 5.75 Å². The minimum absolute atomic E-state index is 0.000717. The van der Waals surface area contributed by atoms with Crippen molar-refractivity contribution >= 4 is 11.6 Å². The molecule has 0 fully saturated rings. The molecule has 0 aliphatic carbocycles. The lowest BCUT2D eigenvalue weighted by Gasteiger charge is -2.20. The van der Waals surface area contributed by atoms with Gasteiger partial charge in [-0.25, -0.2) is 0 Å². The minimum atomic E-state index is -0.396. The number of aromatic amines is 1. The molecule has 110 valence electrons. The highest BCUT2D eigenvalue weighted by atomic mass is 16.3. The van der Waals surface area contributed by atoms with Gasteiger partial charge in [-0.05, 0) is 29.2 Å². The van der Waals surface area contributed by atoms with Crippen LogP contribution in [-0.4, -0.2) is 16.0 Å². The summed E-state index contributed by atoms with van der Waals surface area (Å²) in [4.78, 5) is 25.5. The van der Waals surface area contributed by atoms with Gasteiger partial charge in [0.25, 0.3) is 5.91 Å². The predicted octanol–water partition coefficient (Wildman–Crippen LogP) is 2.63. The van der Waals surface area contributed by atoms with E-state index in [1.54, 1.807) is 12.1 Å². The summed E-state index contributed by atoms with van der Waals surface area (Å²) in [5, 5.41) is 12.5. The number of pyridine rings is 1. The van der Waals surface area contributed by atoms with Crippen LogP contribution in [0.3, 0.4) is 0 Å². The van der Waals surface area contributed by atoms with Gasteiger partial charge >= 0.3 is 0 Å². The van der Waals surface area contributed by atoms with Gasteiger partial charge in [0.1, 0.15) is 5.75 Å². The first-order valence-corrected chi connectivity index (χ1v) is 6.61. The third-order valence-corrected chi connectivity index (χ3v) is 3.16. The molecule has 0 saturated heterocycles. The zero-order chi connectivity index (χ0) is 15.6. The number of nitrogens with one attached hydrogen (secondary N) is 2. The first-order valence-electron chi connectivity index (χ1n) is 6.61. The van der Waals surface area contributed by atoms with Crippen LogP contribution in [-0.2, 0) is 5.41 Å². The van der Waals surface area contributed by atoms with Crippen molar-refractivity contribution in [2.24, 2.45) is 0 Å². The second-order valence-electron chi connectivity index (χ2n) is 5.88. The number of hydrogen-bond acceptors (Lipinski definition) is 3. The fraction of sp³-hybridized carbons (Fsp3) is 0.250. The van der Waals surface area contributed by atoms with Gasteiger partial charge in [-0.2, -0.15) is 0 Å². The molecule has 0 saturated carbocycles. The molecule has 1 aromatic heterocycles. The van der Waals surface area contributed by atoms with Crippen LogP contribution in [0.1, 0.15) is 36.7 Å². The highest BCUT2D eigenvalue weighted by molar-refractivity contribution is 6.04. The first kappa shape index (κ1) is 14.8. The Hall–Kier alpha value is -2.56. The molecular weight excluding hydrogens is 268 g/mol. The maximum atomic E-state index is 12.1. The summed E-state index contributed by atoms with van der Waals surface area (Å²) in [6.45, 7) is 6.15. The molecule has 1 amide bonds. The maximum absolute atomic E-state index is 12.1. The molecule has 2 rings (SSSR count). The summed E-state index contributed by atoms with van der Waals surface area (Å²) in [7, 11) is 0. The molecular formula is C16H18N2O3. The largest absolute Gasteiger partial charge is 0.506 e. The van der Waals surface area contributed by atoms with E-state index in [-0.39, 0.29) is 16.7 Å². The third-order valence-electron chi connectivity index (χ3n) is 3.16. The molecule has 0 bridgehead atoms. The predicted molar refractivity (Wildman–Crippen MR) is 81.8 cm³/mol. The van der Waals surface area contributed by atoms with Crippen molar-refractivity contribution in [3.63, 3.8) is 0 Å². The number of amides is 1. The van der Waals surface area contributed by atoms with Gasteiger partial charge in [-0.1, -0.05) is 26.8 Å². The Bertz CT molecular complexity index is 707. The average molecular weight is 286 g/mol. The van der Waals surface area contributed by atoms with E-state index >= 15 is 0 Å². The van der Waals surface area contributed by atoms with Crippen molar-refractivity contribution in [2.45, 2.75) is 26.2 Å². The van der Waals surface area contributed by atoms with Gasteiger partial charge in [0.2, 0.25) is 5.56 Å². The number of phenols is 1. The highest BCUT2D eigenvalue weighted by Crippen LogP contribution is 2.30. The van der Waals surface area contributed by atoms with E-state index in [1.165, 1.54) is 18.3 Å². The topological polar surface area (TPSA) is 82.2 Å². The molecule has 0 atom stereocenters. The number of anilines is 1. The molecule has 0 unspecified atom stereocenters. The van der Waals surface area contributed by atoms with Crippen LogP contribution in [0.5, 0.6) is 5.75 Å². The van der Waals surface area contributed by atoms with Crippen molar-refractivity contribution in [1.29, 1.82) is 0 Å². The van der Waals surface area contributed by atoms with Crippen molar-refractivity contribution in [1.82, 2.24) is 4.98 Å². The van der Waals surface area contributed by atoms with Crippen LogP contribution in [0.25, 0.3) is 0 Å². The summed E-state index contributed by atoms with van der Waals surface area (Å²) in [6.07, 6.45) is 1.34. The minimum Gasteiger partial charge on any atom is -0.506 e. The normalized spacial score (nSPS) is 11.2. The van der Waals surface area contributed by atoms with E-state index in [1.807, 2.05) is 26.8 Å². The van der Waals surface area contributed by atoms with Crippen molar-refractivity contribution in [2.75, 3.05) is 5.32 Å². The highest BCUT2D eigenvalue weighted by Gasteiger charge is 2.16. The molecule has 5 heteroatoms. The number of carbonyl (C=O) groups is 1. The lowest BCUT2D eigenvalue weighted by Crippen LogP contribution is -2.16. The fourth-order valence-electron chi connectivity index (χ4n) is 1.85. The van der Waals surface area contributed by atoms with E-state index in [9.17, 15) is 14.7 Å². The number of benzene rings is 1. The monoisotopic (exact) mass is 286 g/mol. The van der Waals surface area contributed by atoms with Crippen LogP contribution >= 0.6 is 0 Å². The van der Waals surface area contributed by atoms with Gasteiger partial charge in [0.05, 0.1) is 11.3 Å². The molecule has 0 spiro atoms. The molecule has 2 aromatic rings. The number of rotatable bonds is 2. The lowest BCUT2D eigenvalue weighted by molar-refractivity contribution is 0.102. The Balaban J connectivity index is 2.28. The van der Waals surface area contributed by atoms with Gasteiger partial charge in [0.15, 0.2) is 0 Å². The van der Waals surface area contributed by atoms with E-state index in [0.717, 1.165) is 5.56 Å². The van der Waals surface area contributed by atoms with E-state index in [0.29, 0.717) is 11.3 Å². The molecule has 1 heterocycles. The van der Waals surface area contributed by atoms with Crippen LogP contribution in [0.4, 0.5) is 5.69 Å². The van der Waals surface area contributed by atoms with Crippen LogP contribution in [0.15, 0.2) is 41.3 Å². The molecule has 0 radical (unpaired) electrons. The molecule has 0 aliphatic rings. The Kier molecular flexibility index (Phi) is 3.84. The molecule has 5 nitrogen and oxygen atoms in total. The number of hydrogen-bond donors (Lipinski definition) is 3. The molecule has 0 aliphatic heterocycles. The second-order valence-corrected chi connectivity index (χ2v) is 5.88. The zero-order valence-corrected chi connectivity index (χ0v) is 12.2. The number of carbonyl (C=O) groups excluding carboxylic acids is 1. The van der Waals surface area contributed by atoms with E-state index in [2.05, 4.69) is 10.3 Å². The summed E-state index contributed by atoms with van der Waals surface area (Å²) >= 11 is 0. The zero-order valence-electron chi connectivity index (χ0n) is 12.2. The molecule has 1 aromatic carbocycles. The number of aromatic nitrogens is 1. The van der Waals surface area contributed by atoms with Gasteiger partial charge in [-0.3, -0.25) is 9.59 Å². The van der Waals surface area contributed by atoms with Gasteiger partial charge in [0, 0.05) is 12.3 Å². The Morgan fingerprint density at radius 1 is 1.19 bits per heavy atom. The Morgan fingerprint density at radius 3 is 2.48 bits per heavy atom. The summed E-state index contributed by atoms with van der Waals surface area (Å²) in [5.41, 5.74) is 1.29. The molecule has 21 heavy (non-hydrogen) atoms. The van der Waals surface area contributed by atoms with Crippen LogP contribution in [0, 0.1) is 0 Å². The van der Waals surface area contributed by atoms with Gasteiger partial charge < -0.3 is 15.4 Å². The average Bonchev–Trinajstić information content (AvgIpc) is 2.40. The molecule has 3 N–H and O–H groups in total. The smallest absolute Gasteiger partial charge is 0.257 e. The standard InChI is InChI=1S/C16H18N2O3/c1-16(2,3)11-5-6-13(19)12(8-11)18-15(21)10-4-7-14(20)17-9-10/h4-9,19H,1-3H3,(H,17,20)(H,18,21). The Labute approximate surface area is 122 Å². The summed E-state index contributed by atoms with van der Waals surface area (Å²) < 4.78 is 0. The summed E-state index contributed by atoms with van der Waals surface area (Å²) in [6, 6.07) is 7.84. The summed E-state index contributed by atoms with van der Waals surface area (Å²) in [5.74, 6) is -0.395. The maximum Gasteiger partial charge on any atom is 0.257 e. The SMILES string of the molecule is CC(C)(C)c1ccc(O)c(NC(=O)c2ccc(=O)[nH]c2)c1. The number of phenolic OH excluding ortho intramolecular Hbond substituents is 1. The van der Waals surface area contributed by atoms with Crippen LogP contribution < -0.4 is 10.9 Å². The van der Waals surface area contributed by atoms with Gasteiger partial charge in [-0.15, -0.1) is 0 Å². The fourth-order valence-corrected chi connectivity index (χ4v) is 1.85. The number of aromatic hydroxyl groups is 1. The number of H-pyrrole nitrogens is 1. The van der Waals surface area contributed by atoms with Crippen LogP contribution in [0.2, 0.25) is 0 Å².